The molecule has 0 atom stereocenters. The summed E-state index contributed by atoms with van der Waals surface area (Å²) in [6, 6.07) is 6.07. The van der Waals surface area contributed by atoms with Crippen molar-refractivity contribution >= 4 is 35.8 Å². The Kier molecular flexibility index (Phi) is 11.4. The van der Waals surface area contributed by atoms with Gasteiger partial charge in [-0.25, -0.2) is 4.39 Å². The van der Waals surface area contributed by atoms with Crippen LogP contribution in [0.1, 0.15) is 19.4 Å². The Morgan fingerprint density at radius 3 is 2.52 bits per heavy atom. The van der Waals surface area contributed by atoms with Gasteiger partial charge < -0.3 is 16.0 Å². The maximum atomic E-state index is 13.0. The zero-order valence-electron chi connectivity index (χ0n) is 13.9. The third kappa shape index (κ3) is 10.1. The van der Waals surface area contributed by atoms with Crippen molar-refractivity contribution in [2.24, 2.45) is 10.9 Å². The summed E-state index contributed by atoms with van der Waals surface area (Å²) in [6.45, 7) is 6.13. The highest BCUT2D eigenvalue weighted by atomic mass is 127. The first kappa shape index (κ1) is 21.6. The molecule has 0 aliphatic rings. The van der Waals surface area contributed by atoms with Crippen molar-refractivity contribution in [3.63, 3.8) is 0 Å². The van der Waals surface area contributed by atoms with Crippen LogP contribution in [0.3, 0.4) is 0 Å². The number of rotatable bonds is 7. The van der Waals surface area contributed by atoms with Crippen LogP contribution in [0.5, 0.6) is 0 Å². The van der Waals surface area contributed by atoms with Crippen LogP contribution in [0, 0.1) is 11.7 Å². The number of hydrogen-bond donors (Lipinski definition) is 3. The van der Waals surface area contributed by atoms with Crippen LogP contribution in [0.25, 0.3) is 0 Å². The minimum atomic E-state index is -0.327. The highest BCUT2D eigenvalue weighted by Gasteiger charge is 2.04. The van der Waals surface area contributed by atoms with Crippen molar-refractivity contribution in [3.8, 4) is 0 Å². The second-order valence-electron chi connectivity index (χ2n) is 5.43. The van der Waals surface area contributed by atoms with Crippen LogP contribution in [-0.4, -0.2) is 38.5 Å². The molecule has 0 spiro atoms. The van der Waals surface area contributed by atoms with Gasteiger partial charge in [0.2, 0.25) is 5.91 Å². The average Bonchev–Trinajstić information content (AvgIpc) is 2.46. The Hall–Kier alpha value is -1.38. The molecule has 1 rings (SSSR count). The maximum Gasteiger partial charge on any atom is 0.224 e. The second-order valence-corrected chi connectivity index (χ2v) is 5.43. The van der Waals surface area contributed by atoms with Gasteiger partial charge in [-0.2, -0.15) is 0 Å². The van der Waals surface area contributed by atoms with E-state index in [4.69, 9.17) is 0 Å². The summed E-state index contributed by atoms with van der Waals surface area (Å²) in [5, 5.41) is 9.09. The van der Waals surface area contributed by atoms with Crippen LogP contribution in [-0.2, 0) is 11.2 Å². The van der Waals surface area contributed by atoms with Crippen LogP contribution < -0.4 is 16.0 Å². The molecule has 1 amide bonds. The Bertz CT molecular complexity index is 509. The molecule has 0 aliphatic carbocycles. The number of carbonyl (C=O) groups is 1. The summed E-state index contributed by atoms with van der Waals surface area (Å²) in [4.78, 5) is 15.8. The molecule has 0 bridgehead atoms. The zero-order valence-corrected chi connectivity index (χ0v) is 16.2. The fourth-order valence-corrected chi connectivity index (χ4v) is 1.80. The SMILES string of the molecule is CN=C(NCCNC(=O)Cc1cccc(F)c1)NCC(C)C.I. The molecule has 1 aromatic carbocycles. The van der Waals surface area contributed by atoms with Crippen molar-refractivity contribution < 1.29 is 9.18 Å². The number of halogens is 2. The lowest BCUT2D eigenvalue weighted by Crippen LogP contribution is -2.42. The molecule has 0 fully saturated rings. The molecule has 0 saturated carbocycles. The number of nitrogens with zero attached hydrogens (tertiary/aromatic N) is 1. The second kappa shape index (κ2) is 12.1. The minimum absolute atomic E-state index is 0. The lowest BCUT2D eigenvalue weighted by Gasteiger charge is -2.13. The monoisotopic (exact) mass is 436 g/mol. The van der Waals surface area contributed by atoms with Crippen molar-refractivity contribution in [3.05, 3.63) is 35.6 Å². The Balaban J connectivity index is 0.00000484. The van der Waals surface area contributed by atoms with Gasteiger partial charge in [-0.15, -0.1) is 24.0 Å². The van der Waals surface area contributed by atoms with E-state index in [9.17, 15) is 9.18 Å². The van der Waals surface area contributed by atoms with Crippen molar-refractivity contribution in [1.29, 1.82) is 0 Å². The van der Waals surface area contributed by atoms with E-state index < -0.39 is 0 Å². The van der Waals surface area contributed by atoms with Gasteiger partial charge in [-0.3, -0.25) is 9.79 Å². The number of hydrogen-bond acceptors (Lipinski definition) is 2. The summed E-state index contributed by atoms with van der Waals surface area (Å²) < 4.78 is 13.0. The van der Waals surface area contributed by atoms with Gasteiger partial charge >= 0.3 is 0 Å². The fourth-order valence-electron chi connectivity index (χ4n) is 1.80. The van der Waals surface area contributed by atoms with E-state index in [2.05, 4.69) is 34.8 Å². The minimum Gasteiger partial charge on any atom is -0.356 e. The molecule has 130 valence electrons. The van der Waals surface area contributed by atoms with Gasteiger partial charge in [0.05, 0.1) is 6.42 Å². The first-order valence-corrected chi connectivity index (χ1v) is 7.47. The topological polar surface area (TPSA) is 65.5 Å². The molecule has 7 heteroatoms. The molecule has 0 saturated heterocycles. The van der Waals surface area contributed by atoms with Crippen molar-refractivity contribution in [1.82, 2.24) is 16.0 Å². The summed E-state index contributed by atoms with van der Waals surface area (Å²) in [5.74, 6) is 0.794. The van der Waals surface area contributed by atoms with Gasteiger partial charge in [0, 0.05) is 26.7 Å². The van der Waals surface area contributed by atoms with Gasteiger partial charge in [-0.1, -0.05) is 26.0 Å². The van der Waals surface area contributed by atoms with Crippen LogP contribution >= 0.6 is 24.0 Å². The Morgan fingerprint density at radius 2 is 1.91 bits per heavy atom. The summed E-state index contributed by atoms with van der Waals surface area (Å²) in [6.07, 6.45) is 0.179. The maximum absolute atomic E-state index is 13.0. The smallest absolute Gasteiger partial charge is 0.224 e. The summed E-state index contributed by atoms with van der Waals surface area (Å²) in [7, 11) is 1.71. The number of amides is 1. The number of guanidine groups is 1. The number of benzene rings is 1. The van der Waals surface area contributed by atoms with E-state index in [1.807, 2.05) is 0 Å². The largest absolute Gasteiger partial charge is 0.356 e. The molecule has 23 heavy (non-hydrogen) atoms. The highest BCUT2D eigenvalue weighted by Crippen LogP contribution is 2.03. The van der Waals surface area contributed by atoms with Crippen molar-refractivity contribution in [2.75, 3.05) is 26.7 Å². The first-order valence-electron chi connectivity index (χ1n) is 7.47. The normalized spacial score (nSPS) is 10.9. The van der Waals surface area contributed by atoms with E-state index in [-0.39, 0.29) is 42.1 Å². The molecule has 0 aliphatic heterocycles. The van der Waals surface area contributed by atoms with Crippen molar-refractivity contribution in [2.45, 2.75) is 20.3 Å². The Labute approximate surface area is 154 Å². The molecular weight excluding hydrogens is 410 g/mol. The lowest BCUT2D eigenvalue weighted by atomic mass is 10.1. The van der Waals surface area contributed by atoms with E-state index in [0.717, 1.165) is 6.54 Å². The standard InChI is InChI=1S/C16H25FN4O.HI/c1-12(2)11-21-16(18-3)20-8-7-19-15(22)10-13-5-4-6-14(17)9-13;/h4-6,9,12H,7-8,10-11H2,1-3H3,(H,19,22)(H2,18,20,21);1H. The van der Waals surface area contributed by atoms with E-state index in [0.29, 0.717) is 30.5 Å². The molecule has 5 nitrogen and oxygen atoms in total. The molecular formula is C16H26FIN4O. The van der Waals surface area contributed by atoms with Gasteiger partial charge in [0.1, 0.15) is 5.82 Å². The molecule has 1 aromatic rings. The summed E-state index contributed by atoms with van der Waals surface area (Å²) in [5.41, 5.74) is 0.667. The van der Waals surface area contributed by atoms with E-state index in [1.54, 1.807) is 19.2 Å². The fraction of sp³-hybridized carbons (Fsp3) is 0.500. The number of carbonyl (C=O) groups excluding carboxylic acids is 1. The van der Waals surface area contributed by atoms with Crippen LogP contribution in [0.2, 0.25) is 0 Å². The summed E-state index contributed by atoms with van der Waals surface area (Å²) >= 11 is 0. The first-order chi connectivity index (χ1) is 10.5. The number of aliphatic imine (C=N–C) groups is 1. The van der Waals surface area contributed by atoms with Crippen LogP contribution in [0.4, 0.5) is 4.39 Å². The zero-order chi connectivity index (χ0) is 16.4. The predicted molar refractivity (Wildman–Crippen MR) is 103 cm³/mol. The molecule has 3 N–H and O–H groups in total. The molecule has 0 unspecified atom stereocenters. The molecule has 0 radical (unpaired) electrons. The third-order valence-corrected chi connectivity index (χ3v) is 2.89. The van der Waals surface area contributed by atoms with Gasteiger partial charge in [0.25, 0.3) is 0 Å². The van der Waals surface area contributed by atoms with Gasteiger partial charge in [0.15, 0.2) is 5.96 Å². The third-order valence-electron chi connectivity index (χ3n) is 2.89. The molecule has 0 aromatic heterocycles. The lowest BCUT2D eigenvalue weighted by molar-refractivity contribution is -0.120. The molecule has 0 heterocycles. The van der Waals surface area contributed by atoms with Crippen LogP contribution in [0.15, 0.2) is 29.3 Å². The Morgan fingerprint density at radius 1 is 1.22 bits per heavy atom. The predicted octanol–water partition coefficient (Wildman–Crippen LogP) is 1.92. The quantitative estimate of drug-likeness (QED) is 0.265. The van der Waals surface area contributed by atoms with Gasteiger partial charge in [-0.05, 0) is 23.6 Å². The van der Waals surface area contributed by atoms with E-state index in [1.165, 1.54) is 12.1 Å². The highest BCUT2D eigenvalue weighted by molar-refractivity contribution is 14.0. The van der Waals surface area contributed by atoms with E-state index >= 15 is 0 Å². The number of nitrogens with one attached hydrogen (secondary N) is 3. The average molecular weight is 436 g/mol.